The van der Waals surface area contributed by atoms with Gasteiger partial charge in [0.1, 0.15) is 10.7 Å². The van der Waals surface area contributed by atoms with Crippen LogP contribution in [0.1, 0.15) is 9.67 Å². The van der Waals surface area contributed by atoms with Crippen molar-refractivity contribution in [3.63, 3.8) is 0 Å². The SMILES string of the molecule is Nc1cc(-c2cc(Br)ccc2F)sc1C(=O)O. The molecular formula is C11H7BrFNO2S. The van der Waals surface area contributed by atoms with E-state index in [0.29, 0.717) is 10.4 Å². The van der Waals surface area contributed by atoms with Crippen molar-refractivity contribution < 1.29 is 14.3 Å². The van der Waals surface area contributed by atoms with Crippen LogP contribution in [0.25, 0.3) is 10.4 Å². The zero-order valence-corrected chi connectivity index (χ0v) is 10.8. The normalized spacial score (nSPS) is 10.5. The van der Waals surface area contributed by atoms with Crippen molar-refractivity contribution in [1.29, 1.82) is 0 Å². The fourth-order valence-corrected chi connectivity index (χ4v) is 2.69. The summed E-state index contributed by atoms with van der Waals surface area (Å²) in [5.41, 5.74) is 6.05. The minimum atomic E-state index is -1.10. The number of carbonyl (C=O) groups is 1. The summed E-state index contributed by atoms with van der Waals surface area (Å²) in [4.78, 5) is 11.4. The molecule has 0 radical (unpaired) electrons. The van der Waals surface area contributed by atoms with Gasteiger partial charge in [-0.1, -0.05) is 15.9 Å². The Kier molecular flexibility index (Phi) is 3.17. The highest BCUT2D eigenvalue weighted by Gasteiger charge is 2.16. The second-order valence-electron chi connectivity index (χ2n) is 3.32. The van der Waals surface area contributed by atoms with E-state index in [2.05, 4.69) is 15.9 Å². The van der Waals surface area contributed by atoms with E-state index < -0.39 is 11.8 Å². The topological polar surface area (TPSA) is 63.3 Å². The lowest BCUT2D eigenvalue weighted by molar-refractivity contribution is 0.0703. The number of hydrogen-bond donors (Lipinski definition) is 2. The van der Waals surface area contributed by atoms with Gasteiger partial charge in [-0.2, -0.15) is 0 Å². The zero-order chi connectivity index (χ0) is 12.6. The molecule has 6 heteroatoms. The van der Waals surface area contributed by atoms with Crippen molar-refractivity contribution in [2.24, 2.45) is 0 Å². The van der Waals surface area contributed by atoms with Crippen molar-refractivity contribution in [2.75, 3.05) is 5.73 Å². The fraction of sp³-hybridized carbons (Fsp3) is 0. The van der Waals surface area contributed by atoms with Gasteiger partial charge in [-0.25, -0.2) is 9.18 Å². The lowest BCUT2D eigenvalue weighted by Crippen LogP contribution is -1.96. The summed E-state index contributed by atoms with van der Waals surface area (Å²) >= 11 is 4.20. The number of hydrogen-bond acceptors (Lipinski definition) is 3. The van der Waals surface area contributed by atoms with Crippen molar-refractivity contribution >= 4 is 38.9 Å². The predicted molar refractivity (Wildman–Crippen MR) is 68.8 cm³/mol. The molecule has 0 aliphatic rings. The highest BCUT2D eigenvalue weighted by molar-refractivity contribution is 9.10. The number of nitrogen functional groups attached to an aromatic ring is 1. The summed E-state index contributed by atoms with van der Waals surface area (Å²) in [5, 5.41) is 8.88. The highest BCUT2D eigenvalue weighted by Crippen LogP contribution is 2.35. The standard InChI is InChI=1S/C11H7BrFNO2S/c12-5-1-2-7(13)6(3-5)9-4-8(14)10(17-9)11(15)16/h1-4H,14H2,(H,15,16). The van der Waals surface area contributed by atoms with Crippen molar-refractivity contribution in [3.8, 4) is 10.4 Å². The zero-order valence-electron chi connectivity index (χ0n) is 8.41. The second-order valence-corrected chi connectivity index (χ2v) is 5.29. The molecule has 2 aromatic rings. The molecule has 0 saturated heterocycles. The third-order valence-corrected chi connectivity index (χ3v) is 3.81. The molecule has 1 aromatic heterocycles. The quantitative estimate of drug-likeness (QED) is 0.890. The summed E-state index contributed by atoms with van der Waals surface area (Å²) in [6.07, 6.45) is 0. The maximum Gasteiger partial charge on any atom is 0.348 e. The number of thiophene rings is 1. The Bertz CT molecular complexity index is 597. The van der Waals surface area contributed by atoms with Gasteiger partial charge >= 0.3 is 5.97 Å². The van der Waals surface area contributed by atoms with Crippen molar-refractivity contribution in [1.82, 2.24) is 0 Å². The molecule has 0 bridgehead atoms. The maximum atomic E-state index is 13.6. The van der Waals surface area contributed by atoms with Gasteiger partial charge < -0.3 is 10.8 Å². The fourth-order valence-electron chi connectivity index (χ4n) is 1.39. The third kappa shape index (κ3) is 2.32. The molecule has 3 nitrogen and oxygen atoms in total. The molecular weight excluding hydrogens is 309 g/mol. The molecule has 17 heavy (non-hydrogen) atoms. The van der Waals surface area contributed by atoms with E-state index in [0.717, 1.165) is 15.8 Å². The lowest BCUT2D eigenvalue weighted by Gasteiger charge is -2.00. The van der Waals surface area contributed by atoms with Gasteiger partial charge in [0.05, 0.1) is 5.69 Å². The second kappa shape index (κ2) is 4.46. The molecule has 0 fully saturated rings. The Morgan fingerprint density at radius 1 is 1.41 bits per heavy atom. The number of benzene rings is 1. The van der Waals surface area contributed by atoms with Gasteiger partial charge in [-0.05, 0) is 24.3 Å². The van der Waals surface area contributed by atoms with Gasteiger partial charge in [-0.15, -0.1) is 11.3 Å². The van der Waals surface area contributed by atoms with Crippen LogP contribution in [0.15, 0.2) is 28.7 Å². The molecule has 0 spiro atoms. The summed E-state index contributed by atoms with van der Waals surface area (Å²) in [5.74, 6) is -1.51. The summed E-state index contributed by atoms with van der Waals surface area (Å²) in [6.45, 7) is 0. The molecule has 1 aromatic carbocycles. The Morgan fingerprint density at radius 2 is 2.12 bits per heavy atom. The Balaban J connectivity index is 2.57. The van der Waals surface area contributed by atoms with E-state index >= 15 is 0 Å². The molecule has 3 N–H and O–H groups in total. The Labute approximate surface area is 109 Å². The van der Waals surface area contributed by atoms with Crippen LogP contribution in [0.3, 0.4) is 0 Å². The number of nitrogens with two attached hydrogens (primary N) is 1. The summed E-state index contributed by atoms with van der Waals surface area (Å²) in [6, 6.07) is 5.95. The first-order valence-corrected chi connectivity index (χ1v) is 6.18. The molecule has 0 amide bonds. The first kappa shape index (κ1) is 12.1. The Hall–Kier alpha value is -1.40. The molecule has 1 heterocycles. The molecule has 2 rings (SSSR count). The van der Waals surface area contributed by atoms with Crippen LogP contribution in [0.5, 0.6) is 0 Å². The average molecular weight is 316 g/mol. The van der Waals surface area contributed by atoms with Gasteiger partial charge in [0, 0.05) is 14.9 Å². The first-order chi connectivity index (χ1) is 7.99. The van der Waals surface area contributed by atoms with E-state index in [1.165, 1.54) is 12.1 Å². The molecule has 0 aliphatic heterocycles. The van der Waals surface area contributed by atoms with E-state index in [9.17, 15) is 9.18 Å². The Morgan fingerprint density at radius 3 is 2.71 bits per heavy atom. The predicted octanol–water partition coefficient (Wildman–Crippen LogP) is 3.60. The number of rotatable bonds is 2. The minimum Gasteiger partial charge on any atom is -0.477 e. The van der Waals surface area contributed by atoms with Gasteiger partial charge in [-0.3, -0.25) is 0 Å². The van der Waals surface area contributed by atoms with Gasteiger partial charge in [0.2, 0.25) is 0 Å². The van der Waals surface area contributed by atoms with Crippen LogP contribution in [0.2, 0.25) is 0 Å². The molecule has 88 valence electrons. The first-order valence-electron chi connectivity index (χ1n) is 4.57. The summed E-state index contributed by atoms with van der Waals surface area (Å²) < 4.78 is 14.3. The number of anilines is 1. The molecule has 0 saturated carbocycles. The smallest absolute Gasteiger partial charge is 0.348 e. The monoisotopic (exact) mass is 315 g/mol. The van der Waals surface area contributed by atoms with Crippen molar-refractivity contribution in [3.05, 3.63) is 39.4 Å². The lowest BCUT2D eigenvalue weighted by atomic mass is 10.2. The van der Waals surface area contributed by atoms with Crippen molar-refractivity contribution in [2.45, 2.75) is 0 Å². The van der Waals surface area contributed by atoms with Crippen LogP contribution in [-0.4, -0.2) is 11.1 Å². The van der Waals surface area contributed by atoms with Gasteiger partial charge in [0.25, 0.3) is 0 Å². The molecule has 0 atom stereocenters. The van der Waals surface area contributed by atoms with Gasteiger partial charge in [0.15, 0.2) is 0 Å². The number of carboxylic acid groups (broad SMARTS) is 1. The van der Waals surface area contributed by atoms with E-state index in [1.54, 1.807) is 12.1 Å². The number of halogens is 2. The number of aromatic carboxylic acids is 1. The maximum absolute atomic E-state index is 13.6. The van der Waals surface area contributed by atoms with Crippen LogP contribution in [0, 0.1) is 5.82 Å². The van der Waals surface area contributed by atoms with Crippen LogP contribution >= 0.6 is 27.3 Å². The third-order valence-electron chi connectivity index (χ3n) is 2.15. The van der Waals surface area contributed by atoms with E-state index in [1.807, 2.05) is 0 Å². The van der Waals surface area contributed by atoms with E-state index in [-0.39, 0.29) is 10.6 Å². The summed E-state index contributed by atoms with van der Waals surface area (Å²) in [7, 11) is 0. The van der Waals surface area contributed by atoms with Crippen LogP contribution in [0.4, 0.5) is 10.1 Å². The average Bonchev–Trinajstić information content (AvgIpc) is 2.64. The highest BCUT2D eigenvalue weighted by atomic mass is 79.9. The largest absolute Gasteiger partial charge is 0.477 e. The van der Waals surface area contributed by atoms with E-state index in [4.69, 9.17) is 10.8 Å². The molecule has 0 unspecified atom stereocenters. The van der Waals surface area contributed by atoms with Crippen LogP contribution in [-0.2, 0) is 0 Å². The minimum absolute atomic E-state index is 0.0272. The van der Waals surface area contributed by atoms with Crippen LogP contribution < -0.4 is 5.73 Å². The number of carboxylic acids is 1. The molecule has 0 aliphatic carbocycles.